The molecule has 0 saturated carbocycles. The van der Waals surface area contributed by atoms with E-state index in [0.717, 1.165) is 22.4 Å². The quantitative estimate of drug-likeness (QED) is 0.646. The number of tetrazole rings is 1. The number of hydrogen-bond donors (Lipinski definition) is 1. The normalized spacial score (nSPS) is 10.9. The molecule has 8 heteroatoms. The zero-order valence-corrected chi connectivity index (χ0v) is 17.1. The number of nitrogens with one attached hydrogen (secondary N) is 1. The molecule has 0 spiro atoms. The van der Waals surface area contributed by atoms with Crippen LogP contribution in [0.5, 0.6) is 0 Å². The van der Waals surface area contributed by atoms with Crippen molar-refractivity contribution in [1.29, 1.82) is 0 Å². The van der Waals surface area contributed by atoms with E-state index in [0.29, 0.717) is 15.9 Å². The minimum atomic E-state index is -0.163. The van der Waals surface area contributed by atoms with Gasteiger partial charge in [-0.3, -0.25) is 4.79 Å². The average molecular weight is 402 g/mol. The molecule has 3 rings (SSSR count). The van der Waals surface area contributed by atoms with Crippen LogP contribution in [0.1, 0.15) is 22.3 Å². The molecule has 0 saturated heterocycles. The van der Waals surface area contributed by atoms with E-state index in [9.17, 15) is 4.79 Å². The molecule has 0 fully saturated rings. The van der Waals surface area contributed by atoms with E-state index in [1.807, 2.05) is 52.0 Å². The Morgan fingerprint density at radius 2 is 1.85 bits per heavy atom. The van der Waals surface area contributed by atoms with Crippen molar-refractivity contribution in [3.8, 4) is 5.69 Å². The zero-order valence-electron chi connectivity index (χ0n) is 15.6. The second-order valence-corrected chi connectivity index (χ2v) is 7.79. The van der Waals surface area contributed by atoms with Gasteiger partial charge in [0.05, 0.1) is 22.2 Å². The second-order valence-electron chi connectivity index (χ2n) is 6.44. The summed E-state index contributed by atoms with van der Waals surface area (Å²) in [5, 5.41) is 15.8. The molecular formula is C19H20ClN5OS. The van der Waals surface area contributed by atoms with E-state index in [4.69, 9.17) is 11.6 Å². The smallest absolute Gasteiger partial charge is 0.234 e. The Hall–Kier alpha value is -2.38. The summed E-state index contributed by atoms with van der Waals surface area (Å²) in [6, 6.07) is 9.86. The van der Waals surface area contributed by atoms with Crippen molar-refractivity contribution in [3.63, 3.8) is 0 Å². The van der Waals surface area contributed by atoms with Crippen molar-refractivity contribution in [3.05, 3.63) is 57.6 Å². The van der Waals surface area contributed by atoms with E-state index < -0.39 is 0 Å². The van der Waals surface area contributed by atoms with Crippen LogP contribution in [0.15, 0.2) is 35.5 Å². The van der Waals surface area contributed by atoms with Crippen LogP contribution in [0.4, 0.5) is 5.69 Å². The number of halogens is 1. The molecule has 1 heterocycles. The van der Waals surface area contributed by atoms with E-state index in [-0.39, 0.29) is 11.7 Å². The molecular weight excluding hydrogens is 382 g/mol. The lowest BCUT2D eigenvalue weighted by atomic mass is 10.1. The van der Waals surface area contributed by atoms with E-state index >= 15 is 0 Å². The van der Waals surface area contributed by atoms with Crippen LogP contribution in [0.3, 0.4) is 0 Å². The molecule has 1 N–H and O–H groups in total. The highest BCUT2D eigenvalue weighted by molar-refractivity contribution is 7.99. The number of amides is 1. The second kappa shape index (κ2) is 8.10. The first kappa shape index (κ1) is 19.4. The lowest BCUT2D eigenvalue weighted by Crippen LogP contribution is -2.16. The Morgan fingerprint density at radius 1 is 1.11 bits per heavy atom. The third-order valence-electron chi connectivity index (χ3n) is 4.05. The number of hydrogen-bond acceptors (Lipinski definition) is 5. The van der Waals surface area contributed by atoms with Gasteiger partial charge in [0.25, 0.3) is 0 Å². The van der Waals surface area contributed by atoms with Gasteiger partial charge < -0.3 is 5.32 Å². The van der Waals surface area contributed by atoms with Crippen molar-refractivity contribution < 1.29 is 4.79 Å². The van der Waals surface area contributed by atoms with Crippen LogP contribution in [0.25, 0.3) is 5.69 Å². The van der Waals surface area contributed by atoms with Gasteiger partial charge in [-0.25, -0.2) is 0 Å². The average Bonchev–Trinajstić information content (AvgIpc) is 3.04. The van der Waals surface area contributed by atoms with Crippen LogP contribution in [0, 0.1) is 27.7 Å². The standard InChI is InChI=1S/C19H20ClN5OS/c1-11-5-6-16(13(3)7-11)25-19(22-23-24-25)27-10-17(26)21-18-14(4)8-12(2)9-15(18)20/h5-9H,10H2,1-4H3,(H,21,26). The SMILES string of the molecule is Cc1ccc(-n2nnnc2SCC(=O)Nc2c(C)cc(C)cc2Cl)c(C)c1. The van der Waals surface area contributed by atoms with Crippen molar-refractivity contribution in [2.24, 2.45) is 0 Å². The van der Waals surface area contributed by atoms with Gasteiger partial charge in [0.1, 0.15) is 0 Å². The van der Waals surface area contributed by atoms with Gasteiger partial charge in [0.15, 0.2) is 0 Å². The van der Waals surface area contributed by atoms with Gasteiger partial charge in [-0.2, -0.15) is 4.68 Å². The van der Waals surface area contributed by atoms with Crippen LogP contribution in [0.2, 0.25) is 5.02 Å². The van der Waals surface area contributed by atoms with Gasteiger partial charge in [0.2, 0.25) is 11.1 Å². The topological polar surface area (TPSA) is 72.7 Å². The first-order valence-electron chi connectivity index (χ1n) is 8.40. The van der Waals surface area contributed by atoms with E-state index in [2.05, 4.69) is 26.9 Å². The minimum Gasteiger partial charge on any atom is -0.324 e. The first-order chi connectivity index (χ1) is 12.8. The molecule has 2 aromatic carbocycles. The fraction of sp³-hybridized carbons (Fsp3) is 0.263. The van der Waals surface area contributed by atoms with Gasteiger partial charge in [-0.15, -0.1) is 5.10 Å². The fourth-order valence-corrected chi connectivity index (χ4v) is 3.89. The van der Waals surface area contributed by atoms with Gasteiger partial charge in [-0.1, -0.05) is 47.1 Å². The molecule has 3 aromatic rings. The van der Waals surface area contributed by atoms with Gasteiger partial charge >= 0.3 is 0 Å². The summed E-state index contributed by atoms with van der Waals surface area (Å²) >= 11 is 7.53. The third-order valence-corrected chi connectivity index (χ3v) is 5.27. The summed E-state index contributed by atoms with van der Waals surface area (Å²) < 4.78 is 1.65. The Morgan fingerprint density at radius 3 is 2.56 bits per heavy atom. The van der Waals surface area contributed by atoms with Crippen LogP contribution in [-0.4, -0.2) is 31.9 Å². The molecule has 0 atom stereocenters. The summed E-state index contributed by atoms with van der Waals surface area (Å²) in [7, 11) is 0. The number of nitrogens with zero attached hydrogens (tertiary/aromatic N) is 4. The fourth-order valence-electron chi connectivity index (χ4n) is 2.84. The van der Waals surface area contributed by atoms with Crippen LogP contribution in [-0.2, 0) is 4.79 Å². The summed E-state index contributed by atoms with van der Waals surface area (Å²) in [5.74, 6) is 0.0126. The Labute approximate surface area is 167 Å². The molecule has 0 bridgehead atoms. The van der Waals surface area contributed by atoms with Crippen molar-refractivity contribution in [2.45, 2.75) is 32.9 Å². The number of thioether (sulfide) groups is 1. The predicted molar refractivity (Wildman–Crippen MR) is 109 cm³/mol. The summed E-state index contributed by atoms with van der Waals surface area (Å²) in [5.41, 5.74) is 5.75. The number of carbonyl (C=O) groups excluding carboxylic acids is 1. The Kier molecular flexibility index (Phi) is 5.82. The maximum absolute atomic E-state index is 12.4. The molecule has 0 aliphatic rings. The number of aromatic nitrogens is 4. The lowest BCUT2D eigenvalue weighted by Gasteiger charge is -2.11. The van der Waals surface area contributed by atoms with E-state index in [1.165, 1.54) is 17.3 Å². The number of rotatable bonds is 5. The van der Waals surface area contributed by atoms with Crippen LogP contribution < -0.4 is 5.32 Å². The molecule has 0 radical (unpaired) electrons. The van der Waals surface area contributed by atoms with Crippen molar-refractivity contribution >= 4 is 35.0 Å². The summed E-state index contributed by atoms with van der Waals surface area (Å²) in [6.07, 6.45) is 0. The number of carbonyl (C=O) groups is 1. The lowest BCUT2D eigenvalue weighted by molar-refractivity contribution is -0.113. The summed E-state index contributed by atoms with van der Waals surface area (Å²) in [4.78, 5) is 12.4. The maximum atomic E-state index is 12.4. The largest absolute Gasteiger partial charge is 0.324 e. The molecule has 0 unspecified atom stereocenters. The molecule has 1 amide bonds. The van der Waals surface area contributed by atoms with Crippen molar-refractivity contribution in [1.82, 2.24) is 20.2 Å². The highest BCUT2D eigenvalue weighted by Gasteiger charge is 2.15. The zero-order chi connectivity index (χ0) is 19.6. The molecule has 1 aromatic heterocycles. The van der Waals surface area contributed by atoms with E-state index in [1.54, 1.807) is 4.68 Å². The third kappa shape index (κ3) is 4.48. The number of aryl methyl sites for hydroxylation is 4. The Balaban J connectivity index is 1.71. The molecule has 140 valence electrons. The maximum Gasteiger partial charge on any atom is 0.234 e. The highest BCUT2D eigenvalue weighted by Crippen LogP contribution is 2.28. The molecule has 0 aliphatic heterocycles. The van der Waals surface area contributed by atoms with Gasteiger partial charge in [0, 0.05) is 0 Å². The summed E-state index contributed by atoms with van der Waals surface area (Å²) in [6.45, 7) is 7.93. The monoisotopic (exact) mass is 401 g/mol. The molecule has 0 aliphatic carbocycles. The first-order valence-corrected chi connectivity index (χ1v) is 9.77. The minimum absolute atomic E-state index is 0.163. The molecule has 6 nitrogen and oxygen atoms in total. The predicted octanol–water partition coefficient (Wildman–Crippen LogP) is 4.28. The van der Waals surface area contributed by atoms with Crippen LogP contribution >= 0.6 is 23.4 Å². The van der Waals surface area contributed by atoms with Gasteiger partial charge in [-0.05, 0) is 66.9 Å². The Bertz CT molecular complexity index is 979. The molecule has 27 heavy (non-hydrogen) atoms. The van der Waals surface area contributed by atoms with Crippen molar-refractivity contribution in [2.75, 3.05) is 11.1 Å². The number of benzene rings is 2. The highest BCUT2D eigenvalue weighted by atomic mass is 35.5. The number of anilines is 1.